The molecule has 1 aromatic rings. The molecule has 17 heavy (non-hydrogen) atoms. The minimum atomic E-state index is -0.626. The molecule has 0 bridgehead atoms. The molecule has 0 atom stereocenters. The van der Waals surface area contributed by atoms with E-state index < -0.39 is 17.3 Å². The van der Waals surface area contributed by atoms with Crippen LogP contribution in [0.15, 0.2) is 24.3 Å². The first-order valence-electron chi connectivity index (χ1n) is 5.15. The topological polar surface area (TPSA) is 64.9 Å². The zero-order valence-corrected chi connectivity index (χ0v) is 9.75. The number of halogens is 1. The Kier molecular flexibility index (Phi) is 4.05. The van der Waals surface area contributed by atoms with E-state index in [0.717, 1.165) is 0 Å². The van der Waals surface area contributed by atoms with Gasteiger partial charge in [0.2, 0.25) is 0 Å². The third-order valence-electron chi connectivity index (χ3n) is 2.08. The molecule has 0 aliphatic heterocycles. The Labute approximate surface area is 99.4 Å². The van der Waals surface area contributed by atoms with Gasteiger partial charge >= 0.3 is 6.03 Å². The molecule has 2 N–H and O–H groups in total. The van der Waals surface area contributed by atoms with Gasteiger partial charge in [-0.15, -0.1) is 0 Å². The molecule has 0 saturated heterocycles. The second-order valence-electron chi connectivity index (χ2n) is 4.31. The van der Waals surface area contributed by atoms with Gasteiger partial charge in [0.15, 0.2) is 0 Å². The van der Waals surface area contributed by atoms with E-state index in [4.69, 9.17) is 5.26 Å². The van der Waals surface area contributed by atoms with E-state index in [-0.39, 0.29) is 6.54 Å². The molecule has 1 aromatic carbocycles. The standard InChI is InChI=1S/C12H14FN3O/c1-12(2,7-14)8-15-11(17)16-10-5-3-4-9(13)6-10/h3-6H,8H2,1-2H3,(H2,15,16,17). The van der Waals surface area contributed by atoms with Gasteiger partial charge in [-0.3, -0.25) is 0 Å². The molecule has 90 valence electrons. The molecular formula is C12H14FN3O. The maximum Gasteiger partial charge on any atom is 0.319 e. The largest absolute Gasteiger partial charge is 0.336 e. The van der Waals surface area contributed by atoms with Crippen molar-refractivity contribution in [1.82, 2.24) is 5.32 Å². The molecule has 4 nitrogen and oxygen atoms in total. The molecule has 0 aliphatic rings. The summed E-state index contributed by atoms with van der Waals surface area (Å²) in [7, 11) is 0. The normalized spacial score (nSPS) is 10.5. The zero-order chi connectivity index (χ0) is 12.9. The molecule has 1 rings (SSSR count). The van der Waals surface area contributed by atoms with Gasteiger partial charge in [0.05, 0.1) is 11.5 Å². The van der Waals surface area contributed by atoms with Crippen molar-refractivity contribution < 1.29 is 9.18 Å². The number of nitriles is 1. The number of anilines is 1. The van der Waals surface area contributed by atoms with Crippen LogP contribution >= 0.6 is 0 Å². The SMILES string of the molecule is CC(C)(C#N)CNC(=O)Nc1cccc(F)c1. The summed E-state index contributed by atoms with van der Waals surface area (Å²) in [5.41, 5.74) is -0.253. The third kappa shape index (κ3) is 4.51. The van der Waals surface area contributed by atoms with Crippen molar-refractivity contribution in [3.63, 3.8) is 0 Å². The Bertz CT molecular complexity index is 451. The summed E-state index contributed by atoms with van der Waals surface area (Å²) < 4.78 is 12.8. The number of hydrogen-bond acceptors (Lipinski definition) is 2. The lowest BCUT2D eigenvalue weighted by Gasteiger charge is -2.16. The average molecular weight is 235 g/mol. The van der Waals surface area contributed by atoms with Crippen LogP contribution in [0.3, 0.4) is 0 Å². The molecule has 0 fully saturated rings. The van der Waals surface area contributed by atoms with Crippen LogP contribution in [0.5, 0.6) is 0 Å². The number of nitrogens with zero attached hydrogens (tertiary/aromatic N) is 1. The molecule has 0 aromatic heterocycles. The number of amides is 2. The van der Waals surface area contributed by atoms with Crippen LogP contribution in [0.4, 0.5) is 14.9 Å². The first-order chi connectivity index (χ1) is 7.93. The molecule has 0 radical (unpaired) electrons. The molecule has 0 heterocycles. The van der Waals surface area contributed by atoms with Crippen molar-refractivity contribution >= 4 is 11.7 Å². The zero-order valence-electron chi connectivity index (χ0n) is 9.75. The fourth-order valence-corrected chi connectivity index (χ4v) is 1.08. The van der Waals surface area contributed by atoms with Crippen LogP contribution in [0.2, 0.25) is 0 Å². The van der Waals surface area contributed by atoms with Crippen molar-refractivity contribution in [1.29, 1.82) is 5.26 Å². The van der Waals surface area contributed by atoms with Gasteiger partial charge in [-0.1, -0.05) is 6.07 Å². The lowest BCUT2D eigenvalue weighted by atomic mass is 9.96. The molecule has 0 aliphatic carbocycles. The number of urea groups is 1. The molecule has 0 spiro atoms. The highest BCUT2D eigenvalue weighted by molar-refractivity contribution is 5.89. The summed E-state index contributed by atoms with van der Waals surface area (Å²) in [5, 5.41) is 13.8. The number of carbonyl (C=O) groups is 1. The van der Waals surface area contributed by atoms with Gasteiger partial charge in [-0.05, 0) is 32.0 Å². The van der Waals surface area contributed by atoms with Crippen LogP contribution < -0.4 is 10.6 Å². The minimum Gasteiger partial charge on any atom is -0.336 e. The quantitative estimate of drug-likeness (QED) is 0.845. The van der Waals surface area contributed by atoms with E-state index >= 15 is 0 Å². The van der Waals surface area contributed by atoms with Gasteiger partial charge in [0, 0.05) is 12.2 Å². The molecular weight excluding hydrogens is 221 g/mol. The Morgan fingerprint density at radius 3 is 2.82 bits per heavy atom. The smallest absolute Gasteiger partial charge is 0.319 e. The Morgan fingerprint density at radius 1 is 1.53 bits per heavy atom. The van der Waals surface area contributed by atoms with E-state index in [1.165, 1.54) is 18.2 Å². The number of hydrogen-bond donors (Lipinski definition) is 2. The van der Waals surface area contributed by atoms with Crippen molar-refractivity contribution in [2.45, 2.75) is 13.8 Å². The summed E-state index contributed by atoms with van der Waals surface area (Å²) in [6.07, 6.45) is 0. The second-order valence-corrected chi connectivity index (χ2v) is 4.31. The molecule has 2 amide bonds. The Hall–Kier alpha value is -2.09. The summed E-state index contributed by atoms with van der Waals surface area (Å²) in [6.45, 7) is 3.66. The fourth-order valence-electron chi connectivity index (χ4n) is 1.08. The number of benzene rings is 1. The van der Waals surface area contributed by atoms with Gasteiger partial charge in [0.1, 0.15) is 5.82 Å². The third-order valence-corrected chi connectivity index (χ3v) is 2.08. The highest BCUT2D eigenvalue weighted by atomic mass is 19.1. The van der Waals surface area contributed by atoms with E-state index in [9.17, 15) is 9.18 Å². The van der Waals surface area contributed by atoms with Gasteiger partial charge < -0.3 is 10.6 Å². The first kappa shape index (κ1) is 13.0. The van der Waals surface area contributed by atoms with Gasteiger partial charge in [-0.25, -0.2) is 9.18 Å². The second kappa shape index (κ2) is 5.30. The Balaban J connectivity index is 2.49. The molecule has 0 saturated carbocycles. The summed E-state index contributed by atoms with van der Waals surface area (Å²) in [4.78, 5) is 11.4. The first-order valence-corrected chi connectivity index (χ1v) is 5.15. The van der Waals surface area contributed by atoms with E-state index in [1.54, 1.807) is 19.9 Å². The maximum atomic E-state index is 12.8. The van der Waals surface area contributed by atoms with E-state index in [1.807, 2.05) is 0 Å². The molecule has 0 unspecified atom stereocenters. The molecule has 5 heteroatoms. The van der Waals surface area contributed by atoms with Crippen LogP contribution in [-0.4, -0.2) is 12.6 Å². The van der Waals surface area contributed by atoms with Crippen molar-refractivity contribution in [2.75, 3.05) is 11.9 Å². The Morgan fingerprint density at radius 2 is 2.24 bits per heavy atom. The highest BCUT2D eigenvalue weighted by Gasteiger charge is 2.17. The lowest BCUT2D eigenvalue weighted by Crippen LogP contribution is -2.36. The van der Waals surface area contributed by atoms with Crippen LogP contribution in [0.1, 0.15) is 13.8 Å². The van der Waals surface area contributed by atoms with Gasteiger partial charge in [-0.2, -0.15) is 5.26 Å². The van der Waals surface area contributed by atoms with E-state index in [0.29, 0.717) is 5.69 Å². The van der Waals surface area contributed by atoms with Crippen molar-refractivity contribution in [3.8, 4) is 6.07 Å². The minimum absolute atomic E-state index is 0.227. The predicted octanol–water partition coefficient (Wildman–Crippen LogP) is 2.50. The predicted molar refractivity (Wildman–Crippen MR) is 62.8 cm³/mol. The van der Waals surface area contributed by atoms with Crippen LogP contribution in [-0.2, 0) is 0 Å². The summed E-state index contributed by atoms with van der Waals surface area (Å²) >= 11 is 0. The van der Waals surface area contributed by atoms with E-state index in [2.05, 4.69) is 16.7 Å². The van der Waals surface area contributed by atoms with Gasteiger partial charge in [0.25, 0.3) is 0 Å². The number of rotatable bonds is 3. The van der Waals surface area contributed by atoms with Crippen LogP contribution in [0, 0.1) is 22.6 Å². The number of carbonyl (C=O) groups excluding carboxylic acids is 1. The average Bonchev–Trinajstić information content (AvgIpc) is 2.27. The summed E-state index contributed by atoms with van der Waals surface area (Å²) in [5.74, 6) is -0.417. The highest BCUT2D eigenvalue weighted by Crippen LogP contribution is 2.11. The lowest BCUT2D eigenvalue weighted by molar-refractivity contribution is 0.249. The number of nitrogens with one attached hydrogen (secondary N) is 2. The monoisotopic (exact) mass is 235 g/mol. The maximum absolute atomic E-state index is 12.8. The fraction of sp³-hybridized carbons (Fsp3) is 0.333. The summed E-state index contributed by atoms with van der Waals surface area (Å²) in [6, 6.07) is 7.20. The van der Waals surface area contributed by atoms with Crippen LogP contribution in [0.25, 0.3) is 0 Å². The van der Waals surface area contributed by atoms with Crippen molar-refractivity contribution in [3.05, 3.63) is 30.1 Å². The van der Waals surface area contributed by atoms with Crippen molar-refractivity contribution in [2.24, 2.45) is 5.41 Å².